The molecule has 0 aliphatic carbocycles. The van der Waals surface area contributed by atoms with Gasteiger partial charge in [-0.1, -0.05) is 38.3 Å². The maximum Gasteiger partial charge on any atom is 0.405 e. The van der Waals surface area contributed by atoms with Crippen LogP contribution in [0.3, 0.4) is 0 Å². The summed E-state index contributed by atoms with van der Waals surface area (Å²) in [4.78, 5) is 10.4. The van der Waals surface area contributed by atoms with Gasteiger partial charge >= 0.3 is 5.43 Å². The van der Waals surface area contributed by atoms with Gasteiger partial charge in [0.25, 0.3) is 0 Å². The molecule has 78 valence electrons. The second-order valence-electron chi connectivity index (χ2n) is 3.02. The first-order valence-corrected chi connectivity index (χ1v) is 5.43. The molecule has 0 N–H and O–H groups in total. The lowest BCUT2D eigenvalue weighted by Crippen LogP contribution is -2.18. The molecule has 0 amide bonds. The van der Waals surface area contributed by atoms with E-state index in [1.807, 2.05) is 6.92 Å². The average molecular weight is 227 g/mol. The van der Waals surface area contributed by atoms with Crippen molar-refractivity contribution in [2.45, 2.75) is 45.1 Å². The summed E-state index contributed by atoms with van der Waals surface area (Å²) in [5.74, 6) is 0.212. The van der Waals surface area contributed by atoms with E-state index in [1.165, 1.54) is 0 Å². The molecular weight excluding hydrogens is 211 g/mol. The Morgan fingerprint density at radius 3 is 2.46 bits per heavy atom. The largest absolute Gasteiger partial charge is 0.434 e. The summed E-state index contributed by atoms with van der Waals surface area (Å²) in [6, 6.07) is 0. The maximum absolute atomic E-state index is 10.4. The van der Waals surface area contributed by atoms with Gasteiger partial charge in [0, 0.05) is 17.5 Å². The number of alkyl halides is 1. The van der Waals surface area contributed by atoms with Gasteiger partial charge in [-0.05, 0) is 12.8 Å². The van der Waals surface area contributed by atoms with E-state index in [4.69, 9.17) is 27.9 Å². The van der Waals surface area contributed by atoms with Crippen molar-refractivity contribution in [2.75, 3.05) is 0 Å². The predicted molar refractivity (Wildman–Crippen MR) is 55.3 cm³/mol. The normalized spacial score (nSPS) is 15.1. The molecule has 2 atom stereocenters. The number of carbonyl (C=O) groups is 1. The van der Waals surface area contributed by atoms with Crippen LogP contribution in [0.2, 0.25) is 0 Å². The van der Waals surface area contributed by atoms with Crippen LogP contribution >= 0.6 is 23.2 Å². The van der Waals surface area contributed by atoms with E-state index in [1.54, 1.807) is 0 Å². The van der Waals surface area contributed by atoms with Crippen molar-refractivity contribution < 1.29 is 9.53 Å². The summed E-state index contributed by atoms with van der Waals surface area (Å²) >= 11 is 10.9. The SMILES string of the molecule is CCCCC(CC)C(Cl)OC(=O)Cl. The Balaban J connectivity index is 3.83. The number of carbonyl (C=O) groups excluding carboxylic acids is 1. The van der Waals surface area contributed by atoms with Crippen LogP contribution in [0.4, 0.5) is 4.79 Å². The van der Waals surface area contributed by atoms with Gasteiger partial charge in [-0.15, -0.1) is 0 Å². The molecule has 13 heavy (non-hydrogen) atoms. The molecule has 0 aliphatic heterocycles. The van der Waals surface area contributed by atoms with Crippen LogP contribution in [-0.2, 0) is 4.74 Å². The van der Waals surface area contributed by atoms with Gasteiger partial charge in [-0.3, -0.25) is 0 Å². The first-order chi connectivity index (χ1) is 6.11. The first kappa shape index (κ1) is 13.1. The Kier molecular flexibility index (Phi) is 7.48. The maximum atomic E-state index is 10.4. The molecule has 0 aromatic carbocycles. The molecule has 4 heteroatoms. The van der Waals surface area contributed by atoms with Crippen LogP contribution in [-0.4, -0.2) is 11.0 Å². The lowest BCUT2D eigenvalue weighted by atomic mass is 10.0. The molecule has 0 aromatic heterocycles. The third-order valence-corrected chi connectivity index (χ3v) is 2.56. The molecule has 2 unspecified atom stereocenters. The minimum Gasteiger partial charge on any atom is -0.434 e. The standard InChI is InChI=1S/C9H16Cl2O2/c1-3-5-6-7(4-2)8(10)13-9(11)12/h7-8H,3-6H2,1-2H3. The predicted octanol–water partition coefficient (Wildman–Crippen LogP) is 4.14. The zero-order valence-electron chi connectivity index (χ0n) is 8.06. The van der Waals surface area contributed by atoms with Gasteiger partial charge in [-0.25, -0.2) is 4.79 Å². The van der Waals surface area contributed by atoms with Crippen molar-refractivity contribution in [3.63, 3.8) is 0 Å². The third-order valence-electron chi connectivity index (χ3n) is 2.03. The molecule has 0 aliphatic rings. The van der Waals surface area contributed by atoms with Gasteiger partial charge in [0.15, 0.2) is 5.56 Å². The topological polar surface area (TPSA) is 26.3 Å². The van der Waals surface area contributed by atoms with Gasteiger partial charge in [0.2, 0.25) is 0 Å². The molecule has 0 fully saturated rings. The molecular formula is C9H16Cl2O2. The third kappa shape index (κ3) is 6.17. The quantitative estimate of drug-likeness (QED) is 0.503. The fourth-order valence-corrected chi connectivity index (χ4v) is 1.70. The highest BCUT2D eigenvalue weighted by Crippen LogP contribution is 2.22. The highest BCUT2D eigenvalue weighted by molar-refractivity contribution is 6.61. The van der Waals surface area contributed by atoms with Crippen LogP contribution < -0.4 is 0 Å². The second-order valence-corrected chi connectivity index (χ2v) is 3.76. The smallest absolute Gasteiger partial charge is 0.405 e. The number of rotatable bonds is 6. The molecule has 0 heterocycles. The number of unbranched alkanes of at least 4 members (excludes halogenated alkanes) is 1. The van der Waals surface area contributed by atoms with Crippen LogP contribution in [0.25, 0.3) is 0 Å². The van der Waals surface area contributed by atoms with E-state index in [9.17, 15) is 4.79 Å². The minimum absolute atomic E-state index is 0.212. The van der Waals surface area contributed by atoms with E-state index in [0.29, 0.717) is 0 Å². The second kappa shape index (κ2) is 7.45. The van der Waals surface area contributed by atoms with Crippen molar-refractivity contribution in [3.05, 3.63) is 0 Å². The zero-order chi connectivity index (χ0) is 10.3. The summed E-state index contributed by atoms with van der Waals surface area (Å²) in [5.41, 5.74) is -1.41. The van der Waals surface area contributed by atoms with E-state index < -0.39 is 11.0 Å². The minimum atomic E-state index is -0.824. The average Bonchev–Trinajstić information content (AvgIpc) is 2.04. The Hall–Kier alpha value is 0.0500. The fourth-order valence-electron chi connectivity index (χ4n) is 1.17. The molecule has 0 rings (SSSR count). The lowest BCUT2D eigenvalue weighted by molar-refractivity contribution is 0.123. The van der Waals surface area contributed by atoms with Crippen LogP contribution in [0.5, 0.6) is 0 Å². The van der Waals surface area contributed by atoms with Gasteiger partial charge in [0.05, 0.1) is 0 Å². The number of hydrogen-bond acceptors (Lipinski definition) is 2. The van der Waals surface area contributed by atoms with E-state index in [-0.39, 0.29) is 5.92 Å². The molecule has 0 aromatic rings. The molecule has 0 saturated carbocycles. The van der Waals surface area contributed by atoms with Gasteiger partial charge < -0.3 is 4.74 Å². The molecule has 0 saturated heterocycles. The van der Waals surface area contributed by atoms with Gasteiger partial charge in [-0.2, -0.15) is 0 Å². The highest BCUT2D eigenvalue weighted by Gasteiger charge is 2.19. The van der Waals surface area contributed by atoms with Crippen molar-refractivity contribution >= 4 is 28.6 Å². The zero-order valence-corrected chi connectivity index (χ0v) is 9.57. The van der Waals surface area contributed by atoms with Crippen molar-refractivity contribution in [3.8, 4) is 0 Å². The van der Waals surface area contributed by atoms with Crippen LogP contribution in [0.1, 0.15) is 39.5 Å². The summed E-state index contributed by atoms with van der Waals surface area (Å²) in [7, 11) is 0. The molecule has 0 radical (unpaired) electrons. The summed E-state index contributed by atoms with van der Waals surface area (Å²) in [5, 5.41) is 0. The van der Waals surface area contributed by atoms with Crippen molar-refractivity contribution in [1.29, 1.82) is 0 Å². The highest BCUT2D eigenvalue weighted by atomic mass is 35.5. The number of ether oxygens (including phenoxy) is 1. The van der Waals surface area contributed by atoms with Gasteiger partial charge in [0.1, 0.15) is 0 Å². The van der Waals surface area contributed by atoms with Crippen LogP contribution in [0.15, 0.2) is 0 Å². The van der Waals surface area contributed by atoms with Crippen molar-refractivity contribution in [2.24, 2.45) is 5.92 Å². The molecule has 0 bridgehead atoms. The summed E-state index contributed by atoms with van der Waals surface area (Å²) < 4.78 is 4.69. The van der Waals surface area contributed by atoms with E-state index in [2.05, 4.69) is 6.92 Å². The Bertz CT molecular complexity index is 151. The van der Waals surface area contributed by atoms with E-state index in [0.717, 1.165) is 25.7 Å². The molecule has 2 nitrogen and oxygen atoms in total. The van der Waals surface area contributed by atoms with E-state index >= 15 is 0 Å². The Morgan fingerprint density at radius 2 is 2.08 bits per heavy atom. The lowest BCUT2D eigenvalue weighted by Gasteiger charge is -2.19. The summed E-state index contributed by atoms with van der Waals surface area (Å²) in [6.45, 7) is 4.14. The Labute approximate surface area is 89.5 Å². The van der Waals surface area contributed by atoms with Crippen molar-refractivity contribution in [1.82, 2.24) is 0 Å². The first-order valence-electron chi connectivity index (χ1n) is 4.62. The molecule has 0 spiro atoms. The monoisotopic (exact) mass is 226 g/mol. The Morgan fingerprint density at radius 1 is 1.46 bits per heavy atom. The number of hydrogen-bond donors (Lipinski definition) is 0. The fraction of sp³-hybridized carbons (Fsp3) is 0.889. The van der Waals surface area contributed by atoms with Crippen LogP contribution in [0, 0.1) is 5.92 Å². The summed E-state index contributed by atoms with van der Waals surface area (Å²) in [6.07, 6.45) is 4.10. The number of halogens is 2.